The van der Waals surface area contributed by atoms with Crippen molar-refractivity contribution in [2.24, 2.45) is 0 Å². The van der Waals surface area contributed by atoms with Gasteiger partial charge in [0.05, 0.1) is 13.2 Å². The van der Waals surface area contributed by atoms with E-state index in [4.69, 9.17) is 9.47 Å². The average Bonchev–Trinajstić information content (AvgIpc) is 2.19. The Morgan fingerprint density at radius 1 is 1.46 bits per heavy atom. The van der Waals surface area contributed by atoms with E-state index >= 15 is 0 Å². The molecule has 2 heteroatoms. The van der Waals surface area contributed by atoms with E-state index in [2.05, 4.69) is 6.08 Å². The zero-order chi connectivity index (χ0) is 9.68. The molecule has 13 heavy (non-hydrogen) atoms. The summed E-state index contributed by atoms with van der Waals surface area (Å²) < 4.78 is 10.5. The third-order valence-electron chi connectivity index (χ3n) is 2.09. The highest BCUT2D eigenvalue weighted by Crippen LogP contribution is 2.22. The molecule has 0 aromatic carbocycles. The fraction of sp³-hybridized carbons (Fsp3) is 0.455. The molecule has 0 saturated carbocycles. The lowest BCUT2D eigenvalue weighted by atomic mass is 10.0. The lowest BCUT2D eigenvalue weighted by molar-refractivity contribution is 0.120. The Bertz CT molecular complexity index is 249. The third-order valence-corrected chi connectivity index (χ3v) is 2.09. The maximum atomic E-state index is 5.29. The Morgan fingerprint density at radius 3 is 2.77 bits per heavy atom. The van der Waals surface area contributed by atoms with Crippen LogP contribution in [0.4, 0.5) is 0 Å². The molecule has 0 radical (unpaired) electrons. The monoisotopic (exact) mass is 180 g/mol. The van der Waals surface area contributed by atoms with E-state index < -0.39 is 0 Å². The minimum absolute atomic E-state index is 0.156. The van der Waals surface area contributed by atoms with Crippen molar-refractivity contribution in [1.82, 2.24) is 0 Å². The van der Waals surface area contributed by atoms with Gasteiger partial charge in [-0.1, -0.05) is 24.3 Å². The van der Waals surface area contributed by atoms with Crippen LogP contribution in [0.25, 0.3) is 0 Å². The number of ether oxygens (including phenoxy) is 2. The van der Waals surface area contributed by atoms with Crippen LogP contribution in [0, 0.1) is 0 Å². The Hall–Kier alpha value is -1.02. The maximum Gasteiger partial charge on any atom is 0.106 e. The first-order chi connectivity index (χ1) is 6.31. The maximum absolute atomic E-state index is 5.29. The first kappa shape index (κ1) is 10.1. The van der Waals surface area contributed by atoms with Crippen molar-refractivity contribution in [3.8, 4) is 0 Å². The number of methoxy groups -OCH3 is 2. The Morgan fingerprint density at radius 2 is 2.23 bits per heavy atom. The fourth-order valence-corrected chi connectivity index (χ4v) is 1.36. The molecule has 0 heterocycles. The van der Waals surface area contributed by atoms with E-state index in [0.29, 0.717) is 0 Å². The van der Waals surface area contributed by atoms with Crippen LogP contribution in [0.3, 0.4) is 0 Å². The predicted octanol–water partition coefficient (Wildman–Crippen LogP) is 2.44. The van der Waals surface area contributed by atoms with Crippen molar-refractivity contribution in [1.29, 1.82) is 0 Å². The van der Waals surface area contributed by atoms with Crippen LogP contribution in [0.5, 0.6) is 0 Å². The van der Waals surface area contributed by atoms with E-state index in [1.54, 1.807) is 14.2 Å². The van der Waals surface area contributed by atoms with Crippen molar-refractivity contribution in [3.05, 3.63) is 35.6 Å². The van der Waals surface area contributed by atoms with Gasteiger partial charge in [0.25, 0.3) is 0 Å². The Kier molecular flexibility index (Phi) is 3.77. The molecular formula is C11H16O2. The summed E-state index contributed by atoms with van der Waals surface area (Å²) in [6, 6.07) is 0. The molecule has 0 N–H and O–H groups in total. The molecule has 0 amide bonds. The van der Waals surface area contributed by atoms with Crippen LogP contribution in [-0.4, -0.2) is 20.3 Å². The summed E-state index contributed by atoms with van der Waals surface area (Å²) in [5, 5.41) is 0. The molecule has 0 aromatic rings. The number of allylic oxidation sites excluding steroid dienone is 4. The second-order valence-corrected chi connectivity index (χ2v) is 2.92. The topological polar surface area (TPSA) is 18.5 Å². The van der Waals surface area contributed by atoms with Crippen LogP contribution >= 0.6 is 0 Å². The summed E-state index contributed by atoms with van der Waals surface area (Å²) in [5.41, 5.74) is 1.14. The lowest BCUT2D eigenvalue weighted by Crippen LogP contribution is -2.13. The average molecular weight is 180 g/mol. The Labute approximate surface area is 79.5 Å². The van der Waals surface area contributed by atoms with E-state index in [9.17, 15) is 0 Å². The first-order valence-electron chi connectivity index (χ1n) is 4.42. The molecule has 0 bridgehead atoms. The smallest absolute Gasteiger partial charge is 0.106 e. The zero-order valence-electron chi connectivity index (χ0n) is 8.41. The third kappa shape index (κ3) is 2.46. The van der Waals surface area contributed by atoms with Crippen molar-refractivity contribution < 1.29 is 9.47 Å². The Balaban J connectivity index is 2.80. The number of rotatable bonds is 3. The normalized spacial score (nSPS) is 22.8. The van der Waals surface area contributed by atoms with E-state index in [0.717, 1.165) is 17.8 Å². The van der Waals surface area contributed by atoms with Crippen LogP contribution in [0.15, 0.2) is 35.6 Å². The van der Waals surface area contributed by atoms with Gasteiger partial charge < -0.3 is 9.47 Å². The largest absolute Gasteiger partial charge is 0.500 e. The summed E-state index contributed by atoms with van der Waals surface area (Å²) in [6.07, 6.45) is 9.12. The standard InChI is InChI=1S/C11H16O2/c1-4-5-9-6-7-10(12-2)8-11(9)13-3/h4-7,10H,8H2,1-3H3. The highest BCUT2D eigenvalue weighted by molar-refractivity contribution is 5.37. The van der Waals surface area contributed by atoms with E-state index in [-0.39, 0.29) is 6.10 Å². The van der Waals surface area contributed by atoms with Crippen LogP contribution in [0.1, 0.15) is 13.3 Å². The van der Waals surface area contributed by atoms with Gasteiger partial charge in [-0.2, -0.15) is 0 Å². The molecule has 0 fully saturated rings. The van der Waals surface area contributed by atoms with Gasteiger partial charge in [-0.15, -0.1) is 0 Å². The van der Waals surface area contributed by atoms with Gasteiger partial charge in [0.15, 0.2) is 0 Å². The minimum atomic E-state index is 0.156. The van der Waals surface area contributed by atoms with Gasteiger partial charge in [-0.3, -0.25) is 0 Å². The second kappa shape index (κ2) is 4.87. The lowest BCUT2D eigenvalue weighted by Gasteiger charge is -2.19. The molecule has 1 unspecified atom stereocenters. The SMILES string of the molecule is CC=CC1=C(OC)CC(OC)C=C1. The summed E-state index contributed by atoms with van der Waals surface area (Å²) in [6.45, 7) is 2.00. The summed E-state index contributed by atoms with van der Waals surface area (Å²) >= 11 is 0. The highest BCUT2D eigenvalue weighted by Gasteiger charge is 2.14. The molecule has 0 aliphatic heterocycles. The van der Waals surface area contributed by atoms with Gasteiger partial charge in [0.2, 0.25) is 0 Å². The van der Waals surface area contributed by atoms with Crippen LogP contribution in [0.2, 0.25) is 0 Å². The number of hydrogen-bond donors (Lipinski definition) is 0. The molecule has 2 nitrogen and oxygen atoms in total. The highest BCUT2D eigenvalue weighted by atomic mass is 16.5. The van der Waals surface area contributed by atoms with Crippen LogP contribution in [-0.2, 0) is 9.47 Å². The number of hydrogen-bond acceptors (Lipinski definition) is 2. The molecule has 0 aromatic heterocycles. The van der Waals surface area contributed by atoms with E-state index in [1.807, 2.05) is 25.2 Å². The van der Waals surface area contributed by atoms with E-state index in [1.165, 1.54) is 0 Å². The quantitative estimate of drug-likeness (QED) is 0.664. The van der Waals surface area contributed by atoms with Crippen molar-refractivity contribution in [2.75, 3.05) is 14.2 Å². The fourth-order valence-electron chi connectivity index (χ4n) is 1.36. The summed E-state index contributed by atoms with van der Waals surface area (Å²) in [5.74, 6) is 0.993. The van der Waals surface area contributed by atoms with Gasteiger partial charge >= 0.3 is 0 Å². The molecule has 1 atom stereocenters. The van der Waals surface area contributed by atoms with Gasteiger partial charge in [-0.25, -0.2) is 0 Å². The molecule has 1 aliphatic rings. The van der Waals surface area contributed by atoms with Crippen molar-refractivity contribution >= 4 is 0 Å². The molecule has 0 saturated heterocycles. The molecule has 1 aliphatic carbocycles. The molecule has 72 valence electrons. The van der Waals surface area contributed by atoms with Gasteiger partial charge in [-0.05, 0) is 6.92 Å². The van der Waals surface area contributed by atoms with Gasteiger partial charge in [0.1, 0.15) is 5.76 Å². The molecule has 0 spiro atoms. The zero-order valence-corrected chi connectivity index (χ0v) is 8.41. The summed E-state index contributed by atoms with van der Waals surface area (Å²) in [7, 11) is 3.41. The molecule has 1 rings (SSSR count). The second-order valence-electron chi connectivity index (χ2n) is 2.92. The minimum Gasteiger partial charge on any atom is -0.500 e. The van der Waals surface area contributed by atoms with Crippen LogP contribution < -0.4 is 0 Å². The first-order valence-corrected chi connectivity index (χ1v) is 4.42. The van der Waals surface area contributed by atoms with Gasteiger partial charge in [0, 0.05) is 19.1 Å². The predicted molar refractivity (Wildman–Crippen MR) is 53.4 cm³/mol. The summed E-state index contributed by atoms with van der Waals surface area (Å²) in [4.78, 5) is 0. The molecular weight excluding hydrogens is 164 g/mol. The van der Waals surface area contributed by atoms with Crippen molar-refractivity contribution in [2.45, 2.75) is 19.4 Å². The van der Waals surface area contributed by atoms with Crippen molar-refractivity contribution in [3.63, 3.8) is 0 Å².